The number of rotatable bonds is 19. The van der Waals surface area contributed by atoms with Crippen molar-refractivity contribution in [2.45, 2.75) is 155 Å². The number of carbonyl (C=O) groups excluding carboxylic acids is 2. The van der Waals surface area contributed by atoms with Crippen molar-refractivity contribution in [2.75, 3.05) is 52.9 Å². The third kappa shape index (κ3) is 9.44. The molecule has 4 fully saturated rings. The van der Waals surface area contributed by atoms with Crippen LogP contribution in [0, 0.1) is 50.2 Å². The van der Waals surface area contributed by atoms with Gasteiger partial charge >= 0.3 is 5.97 Å². The molecule has 0 aromatic heterocycles. The predicted octanol–water partition coefficient (Wildman–Crippen LogP) is 1.44. The Kier molecular flexibility index (Phi) is 15.5. The summed E-state index contributed by atoms with van der Waals surface area (Å²) in [5.41, 5.74) is -0.967. The third-order valence-electron chi connectivity index (χ3n) is 16.6. The molecule has 0 saturated heterocycles. The quantitative estimate of drug-likeness (QED) is 0.0834. The van der Waals surface area contributed by atoms with Crippen molar-refractivity contribution in [1.29, 1.82) is 0 Å². The molecule has 0 bridgehead atoms. The highest BCUT2D eigenvalue weighted by Gasteiger charge is 2.70. The van der Waals surface area contributed by atoms with E-state index in [1.54, 1.807) is 0 Å². The Morgan fingerprint density at radius 2 is 1.23 bits per heavy atom. The summed E-state index contributed by atoms with van der Waals surface area (Å²) in [6.07, 6.45) is -1.82. The fourth-order valence-corrected chi connectivity index (χ4v) is 12.5. The largest absolute Gasteiger partial charge is 0.462 e. The van der Waals surface area contributed by atoms with E-state index in [-0.39, 0.29) is 83.6 Å². The van der Waals surface area contributed by atoms with E-state index in [4.69, 9.17) is 24.1 Å². The molecule has 60 heavy (non-hydrogen) atoms. The average molecular weight is 857 g/mol. The third-order valence-corrected chi connectivity index (χ3v) is 16.6. The van der Waals surface area contributed by atoms with Crippen LogP contribution in [0.3, 0.4) is 0 Å². The number of ketones is 1. The maximum Gasteiger partial charge on any atom is 0.311 e. The van der Waals surface area contributed by atoms with Crippen LogP contribution < -0.4 is 0 Å². The Hall–Kier alpha value is -1.60. The van der Waals surface area contributed by atoms with Gasteiger partial charge in [-0.2, -0.15) is 0 Å². The smallest absolute Gasteiger partial charge is 0.311 e. The standard InChI is InChI=1S/C45H76O15/c1-40(2)34-8-11-45(7)38(43(34,5)10-9-35(40)53)31(50)16-29-30-17-42(4,13-12-41(30,3)14-15-44(29,45)6)39(56)60-25-33(52)37(55)36(54)32(51)24-59-23-28(49)22-58-21-27(48)20-57-19-26(47)18-46/h16,26-28,30,32-38,46-49,51-55H,8-15,17-25H2,1-7H3/t26?,27?,28?,30-,32?,33?,34-,35-,36?,37?,38+,41+,42-,43-,44+,45+/m0/s1. The predicted molar refractivity (Wildman–Crippen MR) is 218 cm³/mol. The second-order valence-electron chi connectivity index (χ2n) is 21.1. The lowest BCUT2D eigenvalue weighted by atomic mass is 9.33. The molecular weight excluding hydrogens is 780 g/mol. The SMILES string of the molecule is CC1(C)[C@@H](O)CC[C@]2(C)[C@H]3C(=O)C=C4[C@@H]5C[C@@](C)(C(=O)OCC(O)C(O)C(O)C(O)COCC(O)COCC(O)COCC(O)CO)CC[C@]5(C)CC[C@@]4(C)[C@]3(C)CC[C@@H]12. The summed E-state index contributed by atoms with van der Waals surface area (Å²) in [5, 5.41) is 91.4. The molecule has 5 aliphatic carbocycles. The van der Waals surface area contributed by atoms with Gasteiger partial charge in [-0.3, -0.25) is 9.59 Å². The number of allylic oxidation sites excluding steroid dienone is 2. The first-order valence-electron chi connectivity index (χ1n) is 22.1. The van der Waals surface area contributed by atoms with Gasteiger partial charge in [0.2, 0.25) is 0 Å². The molecule has 5 rings (SSSR count). The molecule has 346 valence electrons. The lowest BCUT2D eigenvalue weighted by Gasteiger charge is -2.70. The Morgan fingerprint density at radius 1 is 0.700 bits per heavy atom. The summed E-state index contributed by atoms with van der Waals surface area (Å²) in [6, 6.07) is 0. The molecule has 0 aliphatic heterocycles. The van der Waals surface area contributed by atoms with Crippen LogP contribution >= 0.6 is 0 Å². The van der Waals surface area contributed by atoms with Gasteiger partial charge in [0.15, 0.2) is 5.78 Å². The fourth-order valence-electron chi connectivity index (χ4n) is 12.5. The molecule has 0 aromatic carbocycles. The van der Waals surface area contributed by atoms with E-state index < -0.39 is 80.0 Å². The number of ether oxygens (including phenoxy) is 4. The second kappa shape index (κ2) is 18.9. The Morgan fingerprint density at radius 3 is 1.82 bits per heavy atom. The zero-order valence-corrected chi connectivity index (χ0v) is 36.9. The Balaban J connectivity index is 1.14. The molecule has 15 nitrogen and oxygen atoms in total. The lowest BCUT2D eigenvalue weighted by Crippen LogP contribution is -2.66. The molecule has 7 unspecified atom stereocenters. The second-order valence-corrected chi connectivity index (χ2v) is 21.1. The van der Waals surface area contributed by atoms with Crippen LogP contribution in [0.4, 0.5) is 0 Å². The van der Waals surface area contributed by atoms with E-state index in [1.165, 1.54) is 0 Å². The molecular formula is C45H76O15. The Bertz CT molecular complexity index is 1520. The average Bonchev–Trinajstić information content (AvgIpc) is 3.19. The van der Waals surface area contributed by atoms with Crippen molar-refractivity contribution < 1.29 is 74.5 Å². The summed E-state index contributed by atoms with van der Waals surface area (Å²) < 4.78 is 21.1. The van der Waals surface area contributed by atoms with Gasteiger partial charge in [-0.05, 0) is 110 Å². The number of aliphatic hydroxyl groups excluding tert-OH is 9. The summed E-state index contributed by atoms with van der Waals surface area (Å²) >= 11 is 0. The number of hydrogen-bond acceptors (Lipinski definition) is 15. The first-order valence-corrected chi connectivity index (χ1v) is 22.1. The van der Waals surface area contributed by atoms with Crippen molar-refractivity contribution in [3.63, 3.8) is 0 Å². The fraction of sp³-hybridized carbons (Fsp3) is 0.911. The number of esters is 1. The van der Waals surface area contributed by atoms with E-state index >= 15 is 0 Å². The minimum absolute atomic E-state index is 0.0400. The molecule has 9 N–H and O–H groups in total. The van der Waals surface area contributed by atoms with E-state index in [9.17, 15) is 50.4 Å². The summed E-state index contributed by atoms with van der Waals surface area (Å²) in [7, 11) is 0. The van der Waals surface area contributed by atoms with Gasteiger partial charge in [0.05, 0.1) is 57.8 Å². The van der Waals surface area contributed by atoms with E-state index in [0.29, 0.717) is 19.3 Å². The van der Waals surface area contributed by atoms with Gasteiger partial charge in [-0.25, -0.2) is 0 Å². The summed E-state index contributed by atoms with van der Waals surface area (Å²) in [4.78, 5) is 28.5. The first-order chi connectivity index (χ1) is 27.9. The van der Waals surface area contributed by atoms with Crippen molar-refractivity contribution in [3.05, 3.63) is 11.6 Å². The van der Waals surface area contributed by atoms with E-state index in [0.717, 1.165) is 44.1 Å². The van der Waals surface area contributed by atoms with Crippen molar-refractivity contribution in [2.24, 2.45) is 50.2 Å². The number of fused-ring (bicyclic) bond motifs is 7. The highest BCUT2D eigenvalue weighted by Crippen LogP contribution is 2.75. The minimum atomic E-state index is -1.89. The first kappa shape index (κ1) is 49.4. The highest BCUT2D eigenvalue weighted by molar-refractivity contribution is 5.95. The molecule has 16 atom stereocenters. The van der Waals surface area contributed by atoms with Gasteiger partial charge in [-0.1, -0.05) is 47.1 Å². The van der Waals surface area contributed by atoms with Gasteiger partial charge in [-0.15, -0.1) is 0 Å². The Labute approximate surface area is 355 Å². The van der Waals surface area contributed by atoms with Crippen LogP contribution in [0.5, 0.6) is 0 Å². The van der Waals surface area contributed by atoms with Crippen LogP contribution in [0.15, 0.2) is 11.6 Å². The molecule has 5 aliphatic rings. The van der Waals surface area contributed by atoms with E-state index in [2.05, 4.69) is 41.5 Å². The van der Waals surface area contributed by atoms with Crippen molar-refractivity contribution >= 4 is 11.8 Å². The van der Waals surface area contributed by atoms with Crippen LogP contribution in [-0.2, 0) is 28.5 Å². The van der Waals surface area contributed by atoms with Crippen LogP contribution in [-0.4, -0.2) is 159 Å². The van der Waals surface area contributed by atoms with Crippen LogP contribution in [0.2, 0.25) is 0 Å². The summed E-state index contributed by atoms with van der Waals surface area (Å²) in [5.74, 6) is -0.338. The van der Waals surface area contributed by atoms with Gasteiger partial charge in [0.25, 0.3) is 0 Å². The molecule has 0 heterocycles. The highest BCUT2D eigenvalue weighted by atomic mass is 16.5. The molecule has 0 aromatic rings. The minimum Gasteiger partial charge on any atom is -0.462 e. The van der Waals surface area contributed by atoms with Crippen LogP contribution in [0.25, 0.3) is 0 Å². The van der Waals surface area contributed by atoms with Gasteiger partial charge in [0, 0.05) is 5.92 Å². The van der Waals surface area contributed by atoms with E-state index in [1.807, 2.05) is 13.0 Å². The van der Waals surface area contributed by atoms with Crippen molar-refractivity contribution in [3.8, 4) is 0 Å². The summed E-state index contributed by atoms with van der Waals surface area (Å²) in [6.45, 7) is 12.8. The maximum absolute atomic E-state index is 14.6. The zero-order chi connectivity index (χ0) is 44.6. The number of hydrogen-bond donors (Lipinski definition) is 9. The molecule has 15 heteroatoms. The monoisotopic (exact) mass is 857 g/mol. The van der Waals surface area contributed by atoms with Gasteiger partial charge in [0.1, 0.15) is 49.3 Å². The number of carbonyl (C=O) groups is 2. The number of aliphatic hydroxyl groups is 9. The van der Waals surface area contributed by atoms with Gasteiger partial charge < -0.3 is 64.9 Å². The molecule has 0 amide bonds. The molecule has 4 saturated carbocycles. The maximum atomic E-state index is 14.6. The van der Waals surface area contributed by atoms with Crippen molar-refractivity contribution in [1.82, 2.24) is 0 Å². The topological polar surface area (TPSA) is 253 Å². The lowest BCUT2D eigenvalue weighted by molar-refractivity contribution is -0.202. The molecule has 0 radical (unpaired) electrons. The van der Waals surface area contributed by atoms with Crippen LogP contribution in [0.1, 0.15) is 106 Å². The normalized spacial score (nSPS) is 39.7. The molecule has 0 spiro atoms. The zero-order valence-electron chi connectivity index (χ0n) is 36.9.